The normalized spacial score (nSPS) is 9.30. The Morgan fingerprint density at radius 1 is 1.40 bits per heavy atom. The van der Waals surface area contributed by atoms with Gasteiger partial charge in [0.05, 0.1) is 0 Å². The molecule has 0 spiro atoms. The van der Waals surface area contributed by atoms with Gasteiger partial charge in [0.1, 0.15) is 6.29 Å². The second-order valence-corrected chi connectivity index (χ2v) is 2.29. The first-order chi connectivity index (χ1) is 4.88. The van der Waals surface area contributed by atoms with Crippen molar-refractivity contribution in [1.29, 1.82) is 0 Å². The van der Waals surface area contributed by atoms with Gasteiger partial charge in [-0.25, -0.2) is 0 Å². The van der Waals surface area contributed by atoms with E-state index in [2.05, 4.69) is 12.6 Å². The van der Waals surface area contributed by atoms with Crippen molar-refractivity contribution < 1.29 is 4.79 Å². The topological polar surface area (TPSA) is 17.1 Å². The molecular formula is C8H8OS. The Labute approximate surface area is 65.5 Å². The van der Waals surface area contributed by atoms with E-state index < -0.39 is 0 Å². The van der Waals surface area contributed by atoms with Crippen molar-refractivity contribution in [1.82, 2.24) is 0 Å². The molecule has 0 aliphatic carbocycles. The summed E-state index contributed by atoms with van der Waals surface area (Å²) in [5.74, 6) is 0.620. The van der Waals surface area contributed by atoms with Gasteiger partial charge in [0.25, 0.3) is 0 Å². The molecule has 0 saturated heterocycles. The average Bonchev–Trinajstić information content (AvgIpc) is 2.04. The Kier molecular flexibility index (Phi) is 2.51. The van der Waals surface area contributed by atoms with Crippen LogP contribution in [-0.2, 0) is 5.75 Å². The quantitative estimate of drug-likeness (QED) is 0.506. The molecule has 52 valence electrons. The molecule has 0 aliphatic rings. The van der Waals surface area contributed by atoms with Crippen molar-refractivity contribution in [2.24, 2.45) is 0 Å². The minimum atomic E-state index is 0.620. The SMILES string of the molecule is O=Cc1ccccc1CS. The van der Waals surface area contributed by atoms with E-state index in [1.807, 2.05) is 18.2 Å². The molecule has 0 saturated carbocycles. The molecular weight excluding hydrogens is 144 g/mol. The van der Waals surface area contributed by atoms with E-state index in [9.17, 15) is 4.79 Å². The predicted octanol–water partition coefficient (Wildman–Crippen LogP) is 1.93. The molecule has 1 nitrogen and oxygen atoms in total. The highest BCUT2D eigenvalue weighted by atomic mass is 32.1. The van der Waals surface area contributed by atoms with Crippen LogP contribution < -0.4 is 0 Å². The van der Waals surface area contributed by atoms with Crippen molar-refractivity contribution in [2.45, 2.75) is 5.75 Å². The molecule has 0 heterocycles. The summed E-state index contributed by atoms with van der Waals surface area (Å²) in [7, 11) is 0. The third-order valence-electron chi connectivity index (χ3n) is 1.35. The summed E-state index contributed by atoms with van der Waals surface area (Å²) in [5, 5.41) is 0. The molecule has 1 rings (SSSR count). The Hall–Kier alpha value is -0.760. The molecule has 2 heteroatoms. The minimum absolute atomic E-state index is 0.620. The van der Waals surface area contributed by atoms with E-state index in [0.717, 1.165) is 17.4 Å². The summed E-state index contributed by atoms with van der Waals surface area (Å²) in [6.45, 7) is 0. The molecule has 0 atom stereocenters. The third-order valence-corrected chi connectivity index (χ3v) is 1.69. The van der Waals surface area contributed by atoms with E-state index in [0.29, 0.717) is 5.75 Å². The van der Waals surface area contributed by atoms with Crippen LogP contribution in [0.2, 0.25) is 0 Å². The van der Waals surface area contributed by atoms with Crippen molar-refractivity contribution in [3.8, 4) is 0 Å². The molecule has 0 N–H and O–H groups in total. The van der Waals surface area contributed by atoms with Gasteiger partial charge < -0.3 is 0 Å². The average molecular weight is 152 g/mol. The number of carbonyl (C=O) groups is 1. The third kappa shape index (κ3) is 1.39. The maximum atomic E-state index is 10.4. The molecule has 0 aromatic heterocycles. The predicted molar refractivity (Wildman–Crippen MR) is 44.5 cm³/mol. The van der Waals surface area contributed by atoms with Crippen molar-refractivity contribution in [3.63, 3.8) is 0 Å². The molecule has 1 aromatic carbocycles. The van der Waals surface area contributed by atoms with Crippen molar-refractivity contribution >= 4 is 18.9 Å². The van der Waals surface area contributed by atoms with Crippen LogP contribution in [0.1, 0.15) is 15.9 Å². The summed E-state index contributed by atoms with van der Waals surface area (Å²) in [6, 6.07) is 7.44. The number of hydrogen-bond donors (Lipinski definition) is 1. The smallest absolute Gasteiger partial charge is 0.150 e. The van der Waals surface area contributed by atoms with Crippen LogP contribution in [0.4, 0.5) is 0 Å². The maximum Gasteiger partial charge on any atom is 0.150 e. The van der Waals surface area contributed by atoms with E-state index in [-0.39, 0.29) is 0 Å². The Morgan fingerprint density at radius 2 is 2.10 bits per heavy atom. The highest BCUT2D eigenvalue weighted by Gasteiger charge is 1.95. The molecule has 0 unspecified atom stereocenters. The van der Waals surface area contributed by atoms with Gasteiger partial charge in [-0.1, -0.05) is 24.3 Å². The summed E-state index contributed by atoms with van der Waals surface area (Å²) in [5.41, 5.74) is 1.72. The van der Waals surface area contributed by atoms with Crippen LogP contribution >= 0.6 is 12.6 Å². The highest BCUT2D eigenvalue weighted by molar-refractivity contribution is 7.79. The van der Waals surface area contributed by atoms with Crippen molar-refractivity contribution in [2.75, 3.05) is 0 Å². The number of benzene rings is 1. The summed E-state index contributed by atoms with van der Waals surface area (Å²) < 4.78 is 0. The minimum Gasteiger partial charge on any atom is -0.298 e. The van der Waals surface area contributed by atoms with Crippen LogP contribution in [0.3, 0.4) is 0 Å². The molecule has 10 heavy (non-hydrogen) atoms. The van der Waals surface area contributed by atoms with Crippen LogP contribution in [0.5, 0.6) is 0 Å². The first kappa shape index (κ1) is 7.35. The van der Waals surface area contributed by atoms with Gasteiger partial charge in [-0.05, 0) is 5.56 Å². The zero-order valence-corrected chi connectivity index (χ0v) is 6.34. The maximum absolute atomic E-state index is 10.4. The zero-order valence-electron chi connectivity index (χ0n) is 5.45. The van der Waals surface area contributed by atoms with E-state index in [1.165, 1.54) is 0 Å². The van der Waals surface area contributed by atoms with Gasteiger partial charge >= 0.3 is 0 Å². The molecule has 0 bridgehead atoms. The van der Waals surface area contributed by atoms with Crippen LogP contribution in [0, 0.1) is 0 Å². The lowest BCUT2D eigenvalue weighted by atomic mass is 10.1. The summed E-state index contributed by atoms with van der Waals surface area (Å²) in [4.78, 5) is 10.4. The number of hydrogen-bond acceptors (Lipinski definition) is 2. The van der Waals surface area contributed by atoms with Gasteiger partial charge in [-0.3, -0.25) is 4.79 Å². The second-order valence-electron chi connectivity index (χ2n) is 1.97. The van der Waals surface area contributed by atoms with Crippen molar-refractivity contribution in [3.05, 3.63) is 35.4 Å². The zero-order chi connectivity index (χ0) is 7.40. The van der Waals surface area contributed by atoms with Crippen LogP contribution in [0.15, 0.2) is 24.3 Å². The van der Waals surface area contributed by atoms with Crippen LogP contribution in [-0.4, -0.2) is 6.29 Å². The fourth-order valence-corrected chi connectivity index (χ4v) is 1.08. The van der Waals surface area contributed by atoms with E-state index >= 15 is 0 Å². The lowest BCUT2D eigenvalue weighted by Crippen LogP contribution is -1.86. The van der Waals surface area contributed by atoms with Gasteiger partial charge in [0.2, 0.25) is 0 Å². The molecule has 0 radical (unpaired) electrons. The second kappa shape index (κ2) is 3.42. The summed E-state index contributed by atoms with van der Waals surface area (Å²) >= 11 is 4.07. The Balaban J connectivity index is 3.08. The first-order valence-electron chi connectivity index (χ1n) is 3.02. The van der Waals surface area contributed by atoms with Gasteiger partial charge in [0.15, 0.2) is 0 Å². The monoisotopic (exact) mass is 152 g/mol. The lowest BCUT2D eigenvalue weighted by Gasteiger charge is -1.97. The Morgan fingerprint density at radius 3 is 2.60 bits per heavy atom. The van der Waals surface area contributed by atoms with E-state index in [1.54, 1.807) is 6.07 Å². The van der Waals surface area contributed by atoms with Crippen LogP contribution in [0.25, 0.3) is 0 Å². The molecule has 0 amide bonds. The lowest BCUT2D eigenvalue weighted by molar-refractivity contribution is 0.112. The first-order valence-corrected chi connectivity index (χ1v) is 3.65. The Bertz CT molecular complexity index is 232. The standard InChI is InChI=1S/C8H8OS/c9-5-7-3-1-2-4-8(7)6-10/h1-5,10H,6H2. The summed E-state index contributed by atoms with van der Waals surface area (Å²) in [6.07, 6.45) is 0.853. The largest absolute Gasteiger partial charge is 0.298 e. The fraction of sp³-hybridized carbons (Fsp3) is 0.125. The molecule has 0 aliphatic heterocycles. The molecule has 1 aromatic rings. The number of aldehydes is 1. The molecule has 0 fully saturated rings. The number of rotatable bonds is 2. The van der Waals surface area contributed by atoms with Gasteiger partial charge in [0, 0.05) is 11.3 Å². The highest BCUT2D eigenvalue weighted by Crippen LogP contribution is 2.07. The fourth-order valence-electron chi connectivity index (χ4n) is 0.793. The van der Waals surface area contributed by atoms with Gasteiger partial charge in [-0.2, -0.15) is 12.6 Å². The number of carbonyl (C=O) groups excluding carboxylic acids is 1. The van der Waals surface area contributed by atoms with E-state index in [4.69, 9.17) is 0 Å². The van der Waals surface area contributed by atoms with Gasteiger partial charge in [-0.15, -0.1) is 0 Å². The number of thiol groups is 1.